The van der Waals surface area contributed by atoms with Gasteiger partial charge in [-0.25, -0.2) is 4.79 Å². The highest BCUT2D eigenvalue weighted by Crippen LogP contribution is 2.18. The van der Waals surface area contributed by atoms with E-state index in [1.54, 1.807) is 32.5 Å². The Morgan fingerprint density at radius 2 is 2.04 bits per heavy atom. The maximum Gasteiger partial charge on any atom is 0.408 e. The Bertz CT molecular complexity index is 688. The molecule has 1 aliphatic rings. The summed E-state index contributed by atoms with van der Waals surface area (Å²) in [4.78, 5) is 30.3. The minimum Gasteiger partial charge on any atom is -0.444 e. The van der Waals surface area contributed by atoms with Gasteiger partial charge in [-0.2, -0.15) is 0 Å². The second-order valence-electron chi connectivity index (χ2n) is 7.48. The van der Waals surface area contributed by atoms with Crippen LogP contribution >= 0.6 is 11.8 Å². The topological polar surface area (TPSA) is 89.0 Å². The van der Waals surface area contributed by atoms with Crippen molar-refractivity contribution in [3.8, 4) is 0 Å². The third-order valence-corrected chi connectivity index (χ3v) is 4.67. The van der Waals surface area contributed by atoms with Crippen LogP contribution in [0.2, 0.25) is 0 Å². The number of amides is 2. The average molecular weight is 408 g/mol. The van der Waals surface area contributed by atoms with Gasteiger partial charge < -0.3 is 20.2 Å². The zero-order chi connectivity index (χ0) is 20.6. The first-order valence-electron chi connectivity index (χ1n) is 9.43. The Balaban J connectivity index is 1.93. The van der Waals surface area contributed by atoms with Gasteiger partial charge >= 0.3 is 6.09 Å². The molecule has 7 nitrogen and oxygen atoms in total. The second-order valence-corrected chi connectivity index (χ2v) is 8.82. The Labute approximate surface area is 170 Å². The number of alkyl carbamates (subject to hydrolysis) is 1. The lowest BCUT2D eigenvalue weighted by Crippen LogP contribution is -2.50. The summed E-state index contributed by atoms with van der Waals surface area (Å²) in [6, 6.07) is 8.79. The van der Waals surface area contributed by atoms with Gasteiger partial charge in [0.05, 0.1) is 6.54 Å². The van der Waals surface area contributed by atoms with E-state index in [4.69, 9.17) is 9.57 Å². The van der Waals surface area contributed by atoms with Crippen molar-refractivity contribution in [2.24, 2.45) is 5.16 Å². The molecule has 2 amide bonds. The quantitative estimate of drug-likeness (QED) is 0.725. The van der Waals surface area contributed by atoms with Crippen molar-refractivity contribution in [3.63, 3.8) is 0 Å². The molecule has 1 aromatic carbocycles. The van der Waals surface area contributed by atoms with Crippen molar-refractivity contribution in [2.45, 2.75) is 58.3 Å². The van der Waals surface area contributed by atoms with Gasteiger partial charge in [0.25, 0.3) is 0 Å². The van der Waals surface area contributed by atoms with Crippen molar-refractivity contribution in [1.82, 2.24) is 10.6 Å². The monoisotopic (exact) mass is 407 g/mol. The number of hydrogen-bond acceptors (Lipinski definition) is 6. The van der Waals surface area contributed by atoms with E-state index in [0.717, 1.165) is 16.4 Å². The number of nitrogens with one attached hydrogen (secondary N) is 2. The van der Waals surface area contributed by atoms with E-state index in [2.05, 4.69) is 22.7 Å². The fourth-order valence-corrected chi connectivity index (χ4v) is 3.34. The lowest BCUT2D eigenvalue weighted by molar-refractivity contribution is -0.123. The van der Waals surface area contributed by atoms with Crippen molar-refractivity contribution >= 4 is 28.8 Å². The van der Waals surface area contributed by atoms with Gasteiger partial charge in [0.15, 0.2) is 6.10 Å². The first kappa shape index (κ1) is 22.1. The van der Waals surface area contributed by atoms with Crippen LogP contribution in [-0.2, 0) is 20.8 Å². The van der Waals surface area contributed by atoms with E-state index < -0.39 is 17.7 Å². The first-order chi connectivity index (χ1) is 13.3. The summed E-state index contributed by atoms with van der Waals surface area (Å²) < 4.78 is 5.30. The first-order valence-corrected chi connectivity index (χ1v) is 10.4. The number of hydrogen-bond donors (Lipinski definition) is 2. The van der Waals surface area contributed by atoms with Gasteiger partial charge in [-0.05, 0) is 32.1 Å². The SMILES string of the molecule is CCSC1=NOC(CNC(=O)[C@H](Cc2ccccc2)NC(=O)OC(C)(C)C)C1. The van der Waals surface area contributed by atoms with Crippen LogP contribution in [0, 0.1) is 0 Å². The van der Waals surface area contributed by atoms with E-state index in [9.17, 15) is 9.59 Å². The molecule has 0 saturated heterocycles. The lowest BCUT2D eigenvalue weighted by atomic mass is 10.1. The molecule has 1 aliphatic heterocycles. The predicted molar refractivity (Wildman–Crippen MR) is 111 cm³/mol. The highest BCUT2D eigenvalue weighted by Gasteiger charge is 2.27. The summed E-state index contributed by atoms with van der Waals surface area (Å²) in [5, 5.41) is 10.5. The van der Waals surface area contributed by atoms with E-state index in [0.29, 0.717) is 19.4 Å². The molecule has 8 heteroatoms. The summed E-state index contributed by atoms with van der Waals surface area (Å²) in [7, 11) is 0. The van der Waals surface area contributed by atoms with E-state index in [1.807, 2.05) is 30.3 Å². The van der Waals surface area contributed by atoms with Gasteiger partial charge in [-0.15, -0.1) is 11.8 Å². The number of oxime groups is 1. The largest absolute Gasteiger partial charge is 0.444 e. The Kier molecular flexibility index (Phi) is 8.17. The fraction of sp³-hybridized carbons (Fsp3) is 0.550. The lowest BCUT2D eigenvalue weighted by Gasteiger charge is -2.23. The Morgan fingerprint density at radius 3 is 2.68 bits per heavy atom. The van der Waals surface area contributed by atoms with Crippen LogP contribution in [0.4, 0.5) is 4.79 Å². The highest BCUT2D eigenvalue weighted by atomic mass is 32.2. The van der Waals surface area contributed by atoms with Crippen molar-refractivity contribution < 1.29 is 19.2 Å². The number of benzene rings is 1. The van der Waals surface area contributed by atoms with Crippen LogP contribution in [0.5, 0.6) is 0 Å². The van der Waals surface area contributed by atoms with Crippen LogP contribution in [0.15, 0.2) is 35.5 Å². The van der Waals surface area contributed by atoms with Gasteiger partial charge in [-0.1, -0.05) is 42.4 Å². The maximum atomic E-state index is 12.7. The number of rotatable bonds is 7. The molecule has 0 saturated carbocycles. The van der Waals surface area contributed by atoms with Gasteiger partial charge in [0.1, 0.15) is 16.7 Å². The maximum absolute atomic E-state index is 12.7. The number of nitrogens with zero attached hydrogens (tertiary/aromatic N) is 1. The van der Waals surface area contributed by atoms with Gasteiger partial charge in [0.2, 0.25) is 5.91 Å². The summed E-state index contributed by atoms with van der Waals surface area (Å²) in [6.45, 7) is 7.72. The van der Waals surface area contributed by atoms with E-state index in [-0.39, 0.29) is 12.0 Å². The van der Waals surface area contributed by atoms with Crippen molar-refractivity contribution in [1.29, 1.82) is 0 Å². The molecule has 0 aromatic heterocycles. The molecular formula is C20H29N3O4S. The number of thioether (sulfide) groups is 1. The fourth-order valence-electron chi connectivity index (χ4n) is 2.61. The third kappa shape index (κ3) is 7.80. The standard InChI is InChI=1S/C20H29N3O4S/c1-5-28-17-12-15(27-23-17)13-21-18(24)16(11-14-9-7-6-8-10-14)22-19(25)26-20(2,3)4/h6-10,15-16H,5,11-13H2,1-4H3,(H,21,24)(H,22,25)/t15?,16-/m0/s1. The van der Waals surface area contributed by atoms with Gasteiger partial charge in [0, 0.05) is 12.8 Å². The predicted octanol–water partition coefficient (Wildman–Crippen LogP) is 3.09. The van der Waals surface area contributed by atoms with Crippen LogP contribution in [0.3, 0.4) is 0 Å². The molecule has 154 valence electrons. The molecule has 0 aliphatic carbocycles. The highest BCUT2D eigenvalue weighted by molar-refractivity contribution is 8.13. The second kappa shape index (κ2) is 10.4. The van der Waals surface area contributed by atoms with Crippen LogP contribution in [0.1, 0.15) is 39.7 Å². The van der Waals surface area contributed by atoms with Crippen molar-refractivity contribution in [2.75, 3.05) is 12.3 Å². The molecule has 28 heavy (non-hydrogen) atoms. The summed E-state index contributed by atoms with van der Waals surface area (Å²) in [5.74, 6) is 0.648. The molecule has 2 N–H and O–H groups in total. The number of ether oxygens (including phenoxy) is 1. The minimum absolute atomic E-state index is 0.183. The minimum atomic E-state index is -0.746. The molecule has 0 bridgehead atoms. The number of carbonyl (C=O) groups excluding carboxylic acids is 2. The van der Waals surface area contributed by atoms with Crippen molar-refractivity contribution in [3.05, 3.63) is 35.9 Å². The van der Waals surface area contributed by atoms with Gasteiger partial charge in [-0.3, -0.25) is 4.79 Å². The zero-order valence-electron chi connectivity index (χ0n) is 16.9. The molecule has 2 atom stereocenters. The molecule has 1 heterocycles. The normalized spacial score (nSPS) is 17.3. The molecular weight excluding hydrogens is 378 g/mol. The molecule has 2 rings (SSSR count). The Morgan fingerprint density at radius 1 is 1.32 bits per heavy atom. The van der Waals surface area contributed by atoms with Crippen LogP contribution < -0.4 is 10.6 Å². The summed E-state index contributed by atoms with van der Waals surface area (Å²) in [5.41, 5.74) is 0.307. The molecule has 1 unspecified atom stereocenters. The van der Waals surface area contributed by atoms with Crippen LogP contribution in [0.25, 0.3) is 0 Å². The zero-order valence-corrected chi connectivity index (χ0v) is 17.7. The summed E-state index contributed by atoms with van der Waals surface area (Å²) in [6.07, 6.45) is 0.245. The Hall–Kier alpha value is -2.22. The smallest absolute Gasteiger partial charge is 0.408 e. The molecule has 0 spiro atoms. The third-order valence-electron chi connectivity index (χ3n) is 3.81. The summed E-state index contributed by atoms with van der Waals surface area (Å²) >= 11 is 1.64. The molecule has 0 radical (unpaired) electrons. The van der Waals surface area contributed by atoms with E-state index >= 15 is 0 Å². The van der Waals surface area contributed by atoms with E-state index in [1.165, 1.54) is 0 Å². The molecule has 1 aromatic rings. The average Bonchev–Trinajstić information content (AvgIpc) is 3.06. The van der Waals surface area contributed by atoms with Crippen LogP contribution in [-0.4, -0.2) is 47.1 Å². The molecule has 0 fully saturated rings. The number of carbonyl (C=O) groups is 2.